The molecule has 0 amide bonds. The molecule has 3 nitrogen and oxygen atoms in total. The van der Waals surface area contributed by atoms with Crippen LogP contribution in [-0.4, -0.2) is 4.98 Å². The number of aryl methyl sites for hydroxylation is 2. The van der Waals surface area contributed by atoms with Gasteiger partial charge >= 0.3 is 0 Å². The number of nitrogens with zero attached hydrogens (tertiary/aromatic N) is 1. The van der Waals surface area contributed by atoms with Crippen LogP contribution in [-0.2, 0) is 0 Å². The lowest BCUT2D eigenvalue weighted by atomic mass is 9.85. The summed E-state index contributed by atoms with van der Waals surface area (Å²) in [5.41, 5.74) is 9.75. The third-order valence-electron chi connectivity index (χ3n) is 6.48. The number of rotatable bonds is 4. The molecule has 2 heterocycles. The molecule has 0 atom stereocenters. The minimum Gasteiger partial charge on any atom is -0.461 e. The van der Waals surface area contributed by atoms with Gasteiger partial charge < -0.3 is 8.83 Å². The van der Waals surface area contributed by atoms with Gasteiger partial charge in [-0.05, 0) is 66.1 Å². The summed E-state index contributed by atoms with van der Waals surface area (Å²) >= 11 is 0. The molecule has 0 saturated heterocycles. The topological polar surface area (TPSA) is 39.2 Å². The van der Waals surface area contributed by atoms with E-state index >= 15 is 0 Å². The second-order valence-corrected chi connectivity index (χ2v) is 9.26. The Morgan fingerprint density at radius 3 is 2.03 bits per heavy atom. The summed E-state index contributed by atoms with van der Waals surface area (Å²) in [6, 6.07) is 19.0. The summed E-state index contributed by atoms with van der Waals surface area (Å²) in [6.45, 7) is 13.1. The zero-order chi connectivity index (χ0) is 22.6. The van der Waals surface area contributed by atoms with E-state index in [4.69, 9.17) is 13.8 Å². The predicted molar refractivity (Wildman–Crippen MR) is 132 cm³/mol. The van der Waals surface area contributed by atoms with Crippen LogP contribution >= 0.6 is 0 Å². The third kappa shape index (κ3) is 3.15. The van der Waals surface area contributed by atoms with Crippen LogP contribution in [0.15, 0.2) is 63.4 Å². The molecular weight excluding hydrogens is 394 g/mol. The summed E-state index contributed by atoms with van der Waals surface area (Å²) in [6.07, 6.45) is 0. The van der Waals surface area contributed by atoms with Gasteiger partial charge in [-0.15, -0.1) is 0 Å². The lowest BCUT2D eigenvalue weighted by Crippen LogP contribution is -1.99. The van der Waals surface area contributed by atoms with E-state index in [1.165, 1.54) is 16.7 Å². The van der Waals surface area contributed by atoms with Crippen LogP contribution in [0.25, 0.3) is 44.7 Å². The number of hydrogen-bond donors (Lipinski definition) is 0. The van der Waals surface area contributed by atoms with Crippen LogP contribution in [0.5, 0.6) is 0 Å². The minimum absolute atomic E-state index is 0.409. The maximum Gasteiger partial charge on any atom is 0.228 e. The van der Waals surface area contributed by atoms with E-state index in [9.17, 15) is 0 Å². The number of furan rings is 1. The van der Waals surface area contributed by atoms with Crippen molar-refractivity contribution in [1.82, 2.24) is 4.98 Å². The summed E-state index contributed by atoms with van der Waals surface area (Å²) in [4.78, 5) is 4.91. The zero-order valence-electron chi connectivity index (χ0n) is 19.6. The monoisotopic (exact) mass is 423 g/mol. The standard InChI is InChI=1S/C29H29NO2/c1-16(2)20-10-7-11-21(17(3)4)27(20)22-12-8-14-24-28(22)32-29(30-24)23-13-9-15-25-26(23)18(5)19(6)31-25/h7-17H,1-6H3. The Labute approximate surface area is 189 Å². The summed E-state index contributed by atoms with van der Waals surface area (Å²) in [7, 11) is 0. The lowest BCUT2D eigenvalue weighted by Gasteiger charge is -2.19. The second-order valence-electron chi connectivity index (χ2n) is 9.26. The van der Waals surface area contributed by atoms with Gasteiger partial charge in [0.05, 0.1) is 0 Å². The second kappa shape index (κ2) is 7.67. The first-order valence-corrected chi connectivity index (χ1v) is 11.4. The summed E-state index contributed by atoms with van der Waals surface area (Å²) in [5.74, 6) is 2.38. The first-order valence-electron chi connectivity index (χ1n) is 11.4. The Hall–Kier alpha value is -3.33. The highest BCUT2D eigenvalue weighted by molar-refractivity contribution is 5.98. The number of para-hydroxylation sites is 1. The molecule has 5 rings (SSSR count). The van der Waals surface area contributed by atoms with Crippen molar-refractivity contribution in [2.45, 2.75) is 53.4 Å². The van der Waals surface area contributed by atoms with Crippen LogP contribution in [0.3, 0.4) is 0 Å². The smallest absolute Gasteiger partial charge is 0.228 e. The molecule has 5 aromatic rings. The van der Waals surface area contributed by atoms with E-state index < -0.39 is 0 Å². The number of hydrogen-bond acceptors (Lipinski definition) is 3. The van der Waals surface area contributed by atoms with Gasteiger partial charge in [-0.1, -0.05) is 64.1 Å². The van der Waals surface area contributed by atoms with Gasteiger partial charge in [0.25, 0.3) is 0 Å². The van der Waals surface area contributed by atoms with Gasteiger partial charge in [0.1, 0.15) is 16.9 Å². The molecule has 3 heteroatoms. The number of aromatic nitrogens is 1. The molecule has 0 aliphatic rings. The lowest BCUT2D eigenvalue weighted by molar-refractivity contribution is 0.575. The minimum atomic E-state index is 0.409. The fourth-order valence-corrected chi connectivity index (χ4v) is 4.72. The highest BCUT2D eigenvalue weighted by Crippen LogP contribution is 2.41. The van der Waals surface area contributed by atoms with Gasteiger partial charge in [-0.25, -0.2) is 4.98 Å². The van der Waals surface area contributed by atoms with E-state index in [-0.39, 0.29) is 0 Å². The van der Waals surface area contributed by atoms with Gasteiger partial charge in [0.15, 0.2) is 5.58 Å². The maximum absolute atomic E-state index is 6.53. The first-order chi connectivity index (χ1) is 15.4. The van der Waals surface area contributed by atoms with Crippen molar-refractivity contribution < 1.29 is 8.83 Å². The number of fused-ring (bicyclic) bond motifs is 2. The molecule has 32 heavy (non-hydrogen) atoms. The average molecular weight is 424 g/mol. The molecule has 0 spiro atoms. The molecule has 0 aliphatic carbocycles. The highest BCUT2D eigenvalue weighted by atomic mass is 16.4. The molecule has 0 radical (unpaired) electrons. The molecule has 0 saturated carbocycles. The van der Waals surface area contributed by atoms with Crippen LogP contribution < -0.4 is 0 Å². The van der Waals surface area contributed by atoms with E-state index in [2.05, 4.69) is 71.0 Å². The number of oxazole rings is 1. The highest BCUT2D eigenvalue weighted by Gasteiger charge is 2.22. The van der Waals surface area contributed by atoms with Crippen LogP contribution in [0, 0.1) is 13.8 Å². The molecule has 2 aromatic heterocycles. The quantitative estimate of drug-likeness (QED) is 0.290. The van der Waals surface area contributed by atoms with Gasteiger partial charge in [-0.2, -0.15) is 0 Å². The fraction of sp³-hybridized carbons (Fsp3) is 0.276. The average Bonchev–Trinajstić information content (AvgIpc) is 3.34. The summed E-state index contributed by atoms with van der Waals surface area (Å²) < 4.78 is 12.5. The van der Waals surface area contributed by atoms with Crippen molar-refractivity contribution in [1.29, 1.82) is 0 Å². The molecule has 0 aliphatic heterocycles. The van der Waals surface area contributed by atoms with Crippen molar-refractivity contribution in [2.24, 2.45) is 0 Å². The predicted octanol–water partition coefficient (Wildman–Crippen LogP) is 8.77. The van der Waals surface area contributed by atoms with Crippen molar-refractivity contribution in [3.05, 3.63) is 77.0 Å². The molecule has 0 fully saturated rings. The van der Waals surface area contributed by atoms with E-state index in [0.29, 0.717) is 17.7 Å². The molecule has 0 bridgehead atoms. The van der Waals surface area contributed by atoms with Gasteiger partial charge in [0, 0.05) is 16.5 Å². The van der Waals surface area contributed by atoms with Crippen LogP contribution in [0.1, 0.15) is 62.0 Å². The zero-order valence-corrected chi connectivity index (χ0v) is 19.6. The third-order valence-corrected chi connectivity index (χ3v) is 6.48. The Kier molecular flexibility index (Phi) is 4.93. The molecule has 0 unspecified atom stereocenters. The van der Waals surface area contributed by atoms with Crippen LogP contribution in [0.4, 0.5) is 0 Å². The van der Waals surface area contributed by atoms with Crippen LogP contribution in [0.2, 0.25) is 0 Å². The van der Waals surface area contributed by atoms with Crippen molar-refractivity contribution in [3.63, 3.8) is 0 Å². The Morgan fingerprint density at radius 1 is 0.719 bits per heavy atom. The molecule has 3 aromatic carbocycles. The van der Waals surface area contributed by atoms with Gasteiger partial charge in [-0.3, -0.25) is 0 Å². The van der Waals surface area contributed by atoms with E-state index in [1.807, 2.05) is 25.1 Å². The van der Waals surface area contributed by atoms with E-state index in [0.717, 1.165) is 44.5 Å². The number of benzene rings is 3. The first kappa shape index (κ1) is 20.6. The van der Waals surface area contributed by atoms with E-state index in [1.54, 1.807) is 0 Å². The SMILES string of the molecule is Cc1oc2cccc(-c3nc4cccc(-c5c(C(C)C)cccc5C(C)C)c4o3)c2c1C. The Bertz CT molecular complexity index is 1420. The maximum atomic E-state index is 6.53. The van der Waals surface area contributed by atoms with Crippen molar-refractivity contribution in [2.75, 3.05) is 0 Å². The normalized spacial score (nSPS) is 12.0. The van der Waals surface area contributed by atoms with Gasteiger partial charge in [0.2, 0.25) is 5.89 Å². The Balaban J connectivity index is 1.79. The fourth-order valence-electron chi connectivity index (χ4n) is 4.72. The summed E-state index contributed by atoms with van der Waals surface area (Å²) in [5, 5.41) is 1.07. The molecule has 0 N–H and O–H groups in total. The Morgan fingerprint density at radius 2 is 1.34 bits per heavy atom. The van der Waals surface area contributed by atoms with Crippen molar-refractivity contribution >= 4 is 22.1 Å². The molecular formula is C29H29NO2. The van der Waals surface area contributed by atoms with Crippen molar-refractivity contribution in [3.8, 4) is 22.6 Å². The molecule has 162 valence electrons. The largest absolute Gasteiger partial charge is 0.461 e.